The van der Waals surface area contributed by atoms with Crippen molar-refractivity contribution in [3.8, 4) is 5.88 Å². The molecular formula is C17H25N3O4. The van der Waals surface area contributed by atoms with E-state index in [0.29, 0.717) is 24.7 Å². The Bertz CT molecular complexity index is 618. The minimum absolute atomic E-state index is 0.00736. The summed E-state index contributed by atoms with van der Waals surface area (Å²) in [6.45, 7) is 2.77. The lowest BCUT2D eigenvalue weighted by atomic mass is 9.69. The lowest BCUT2D eigenvalue weighted by Crippen LogP contribution is -2.41. The minimum Gasteiger partial charge on any atom is -0.480 e. The molecule has 132 valence electrons. The number of hydrogen-bond donors (Lipinski definition) is 3. The van der Waals surface area contributed by atoms with Crippen molar-refractivity contribution in [1.82, 2.24) is 9.88 Å². The Morgan fingerprint density at radius 1 is 1.33 bits per heavy atom. The number of aliphatic hydroxyl groups is 2. The van der Waals surface area contributed by atoms with Gasteiger partial charge in [-0.05, 0) is 31.4 Å². The highest BCUT2D eigenvalue weighted by Gasteiger charge is 2.60. The molecule has 2 heterocycles. The third kappa shape index (κ3) is 2.43. The van der Waals surface area contributed by atoms with Crippen LogP contribution in [-0.2, 0) is 0 Å². The molecular weight excluding hydrogens is 310 g/mol. The zero-order valence-electron chi connectivity index (χ0n) is 14.2. The second-order valence-corrected chi connectivity index (χ2v) is 7.03. The van der Waals surface area contributed by atoms with E-state index in [0.717, 1.165) is 24.8 Å². The lowest BCUT2D eigenvalue weighted by molar-refractivity contribution is 0.00976. The molecule has 0 radical (unpaired) electrons. The number of pyridine rings is 1. The van der Waals surface area contributed by atoms with E-state index in [1.807, 2.05) is 6.92 Å². The maximum Gasteiger partial charge on any atom is 0.322 e. The largest absolute Gasteiger partial charge is 0.480 e. The first-order chi connectivity index (χ1) is 11.5. The van der Waals surface area contributed by atoms with E-state index in [1.165, 1.54) is 7.11 Å². The summed E-state index contributed by atoms with van der Waals surface area (Å²) < 4.78 is 5.22. The highest BCUT2D eigenvalue weighted by molar-refractivity contribution is 5.91. The number of likely N-dealkylation sites (tertiary alicyclic amines) is 1. The van der Waals surface area contributed by atoms with Crippen molar-refractivity contribution in [3.63, 3.8) is 0 Å². The van der Waals surface area contributed by atoms with Gasteiger partial charge in [-0.15, -0.1) is 0 Å². The van der Waals surface area contributed by atoms with E-state index < -0.39 is 10.8 Å². The predicted molar refractivity (Wildman–Crippen MR) is 89.0 cm³/mol. The average molecular weight is 335 g/mol. The van der Waals surface area contributed by atoms with Crippen LogP contribution in [-0.4, -0.2) is 59.5 Å². The van der Waals surface area contributed by atoms with Gasteiger partial charge in [-0.2, -0.15) is 0 Å². The van der Waals surface area contributed by atoms with Crippen LogP contribution in [0.1, 0.15) is 24.8 Å². The molecule has 1 aliphatic heterocycles. The Balaban J connectivity index is 1.81. The third-order valence-electron chi connectivity index (χ3n) is 5.87. The first-order valence-corrected chi connectivity index (χ1v) is 8.28. The van der Waals surface area contributed by atoms with Crippen LogP contribution in [0.2, 0.25) is 0 Å². The van der Waals surface area contributed by atoms with Gasteiger partial charge in [0, 0.05) is 30.1 Å². The maximum atomic E-state index is 12.8. The number of methoxy groups -OCH3 is 1. The maximum absolute atomic E-state index is 12.8. The van der Waals surface area contributed by atoms with E-state index in [2.05, 4.69) is 10.3 Å². The Labute approximate surface area is 141 Å². The van der Waals surface area contributed by atoms with Crippen molar-refractivity contribution >= 4 is 11.7 Å². The van der Waals surface area contributed by atoms with E-state index >= 15 is 0 Å². The molecule has 3 rings (SSSR count). The number of nitrogens with one attached hydrogen (secondary N) is 1. The summed E-state index contributed by atoms with van der Waals surface area (Å²) in [6.07, 6.45) is 4.28. The smallest absolute Gasteiger partial charge is 0.322 e. The first-order valence-electron chi connectivity index (χ1n) is 8.28. The molecule has 1 saturated carbocycles. The second-order valence-electron chi connectivity index (χ2n) is 7.03. The third-order valence-corrected chi connectivity index (χ3v) is 5.87. The van der Waals surface area contributed by atoms with Gasteiger partial charge in [-0.25, -0.2) is 9.78 Å². The van der Waals surface area contributed by atoms with Crippen LogP contribution in [0.5, 0.6) is 5.88 Å². The van der Waals surface area contributed by atoms with Crippen molar-refractivity contribution in [2.45, 2.75) is 26.2 Å². The standard InChI is InChI=1S/C17H25N3O4/c1-12-4-7-18-14(24-2)13(12)19-15(23)20-8-16(10-21)5-3-6-17(16,9-20)11-22/h4,7,21-22H,3,5-6,8-11H2,1-2H3,(H,19,23)/t16-,17+. The molecule has 1 aromatic rings. The Hall–Kier alpha value is -1.86. The van der Waals surface area contributed by atoms with Crippen molar-refractivity contribution in [2.75, 3.05) is 38.7 Å². The number of nitrogens with zero attached hydrogens (tertiary/aromatic N) is 2. The molecule has 1 aromatic heterocycles. The number of rotatable bonds is 4. The molecule has 0 spiro atoms. The van der Waals surface area contributed by atoms with Gasteiger partial charge in [0.2, 0.25) is 5.88 Å². The molecule has 1 saturated heterocycles. The van der Waals surface area contributed by atoms with Crippen LogP contribution in [0.4, 0.5) is 10.5 Å². The van der Waals surface area contributed by atoms with E-state index in [-0.39, 0.29) is 19.2 Å². The molecule has 2 aliphatic rings. The Morgan fingerprint density at radius 3 is 2.50 bits per heavy atom. The fourth-order valence-electron chi connectivity index (χ4n) is 4.34. The molecule has 2 amide bonds. The summed E-state index contributed by atoms with van der Waals surface area (Å²) in [5.74, 6) is 0.372. The summed E-state index contributed by atoms with van der Waals surface area (Å²) in [5, 5.41) is 22.8. The fraction of sp³-hybridized carbons (Fsp3) is 0.647. The second kappa shape index (κ2) is 6.22. The van der Waals surface area contributed by atoms with E-state index in [9.17, 15) is 15.0 Å². The normalized spacial score (nSPS) is 28.8. The van der Waals surface area contributed by atoms with Crippen molar-refractivity contribution in [3.05, 3.63) is 17.8 Å². The molecule has 1 aliphatic carbocycles. The van der Waals surface area contributed by atoms with Crippen LogP contribution >= 0.6 is 0 Å². The van der Waals surface area contributed by atoms with Gasteiger partial charge >= 0.3 is 6.03 Å². The Kier molecular flexibility index (Phi) is 4.40. The quantitative estimate of drug-likeness (QED) is 0.773. The van der Waals surface area contributed by atoms with Crippen LogP contribution in [0.25, 0.3) is 0 Å². The number of carbonyl (C=O) groups excluding carboxylic acids is 1. The summed E-state index contributed by atoms with van der Waals surface area (Å²) in [4.78, 5) is 18.6. The number of carbonyl (C=O) groups is 1. The topological polar surface area (TPSA) is 94.9 Å². The number of urea groups is 1. The van der Waals surface area contributed by atoms with Gasteiger partial charge < -0.3 is 25.2 Å². The van der Waals surface area contributed by atoms with Crippen molar-refractivity contribution in [1.29, 1.82) is 0 Å². The average Bonchev–Trinajstić information content (AvgIpc) is 3.09. The molecule has 7 heteroatoms. The highest BCUT2D eigenvalue weighted by Crippen LogP contribution is 2.57. The molecule has 7 nitrogen and oxygen atoms in total. The molecule has 2 fully saturated rings. The molecule has 3 N–H and O–H groups in total. The van der Waals surface area contributed by atoms with Crippen molar-refractivity contribution < 1.29 is 19.7 Å². The molecule has 0 unspecified atom stereocenters. The van der Waals surface area contributed by atoms with Crippen LogP contribution in [0, 0.1) is 17.8 Å². The predicted octanol–water partition coefficient (Wildman–Crippen LogP) is 1.39. The number of amides is 2. The zero-order chi connectivity index (χ0) is 17.4. The lowest BCUT2D eigenvalue weighted by Gasteiger charge is -2.36. The molecule has 24 heavy (non-hydrogen) atoms. The summed E-state index contributed by atoms with van der Waals surface area (Å²) in [7, 11) is 1.51. The van der Waals surface area contributed by atoms with Gasteiger partial charge in [0.05, 0.1) is 20.3 Å². The van der Waals surface area contributed by atoms with Crippen LogP contribution in [0.3, 0.4) is 0 Å². The van der Waals surface area contributed by atoms with Gasteiger partial charge in [0.1, 0.15) is 5.69 Å². The van der Waals surface area contributed by atoms with Gasteiger partial charge in [-0.1, -0.05) is 6.42 Å². The highest BCUT2D eigenvalue weighted by atomic mass is 16.5. The number of aromatic nitrogens is 1. The summed E-state index contributed by atoms with van der Waals surface area (Å²) in [6, 6.07) is 1.56. The van der Waals surface area contributed by atoms with E-state index in [1.54, 1.807) is 17.2 Å². The van der Waals surface area contributed by atoms with E-state index in [4.69, 9.17) is 4.74 Å². The molecule has 2 atom stereocenters. The number of aliphatic hydroxyl groups excluding tert-OH is 2. The number of hydrogen-bond acceptors (Lipinski definition) is 5. The number of aryl methyl sites for hydroxylation is 1. The summed E-state index contributed by atoms with van der Waals surface area (Å²) in [5.41, 5.74) is 0.627. The minimum atomic E-state index is -0.396. The van der Waals surface area contributed by atoms with Gasteiger partial charge in [0.15, 0.2) is 0 Å². The van der Waals surface area contributed by atoms with Gasteiger partial charge in [-0.3, -0.25) is 0 Å². The first kappa shape index (κ1) is 17.0. The zero-order valence-corrected chi connectivity index (χ0v) is 14.2. The molecule has 0 bridgehead atoms. The Morgan fingerprint density at radius 2 is 1.96 bits per heavy atom. The fourth-order valence-corrected chi connectivity index (χ4v) is 4.34. The van der Waals surface area contributed by atoms with Crippen LogP contribution in [0.15, 0.2) is 12.3 Å². The monoisotopic (exact) mass is 335 g/mol. The molecule has 0 aromatic carbocycles. The number of fused-ring (bicyclic) bond motifs is 1. The van der Waals surface area contributed by atoms with Crippen molar-refractivity contribution in [2.24, 2.45) is 10.8 Å². The number of anilines is 1. The van der Waals surface area contributed by atoms with Gasteiger partial charge in [0.25, 0.3) is 0 Å². The van der Waals surface area contributed by atoms with Crippen LogP contribution < -0.4 is 10.1 Å². The summed E-state index contributed by atoms with van der Waals surface area (Å²) >= 11 is 0. The number of ether oxygens (including phenoxy) is 1. The SMILES string of the molecule is COc1nccc(C)c1NC(=O)N1C[C@]2(CO)CCC[C@]2(CO)C1.